The minimum atomic E-state index is -3.41. The maximum atomic E-state index is 14.0. The number of amides is 2. The summed E-state index contributed by atoms with van der Waals surface area (Å²) in [7, 11) is -0.200. The fourth-order valence-corrected chi connectivity index (χ4v) is 5.52. The molecule has 1 aliphatic heterocycles. The molecule has 8 heteroatoms. The van der Waals surface area contributed by atoms with E-state index < -0.39 is 27.7 Å². The van der Waals surface area contributed by atoms with Gasteiger partial charge in [0.1, 0.15) is 5.92 Å². The molecule has 4 rings (SSSR count). The molecule has 0 saturated heterocycles. The Morgan fingerprint density at radius 1 is 0.917 bits per heavy atom. The molecule has 0 saturated carbocycles. The van der Waals surface area contributed by atoms with Gasteiger partial charge in [0, 0.05) is 38.4 Å². The van der Waals surface area contributed by atoms with E-state index in [0.29, 0.717) is 5.56 Å². The minimum absolute atomic E-state index is 0.157. The second-order valence-corrected chi connectivity index (χ2v) is 11.1. The number of rotatable bonds is 7. The summed E-state index contributed by atoms with van der Waals surface area (Å²) in [6.07, 6.45) is 4.75. The number of hydrogen-bond acceptors (Lipinski definition) is 5. The van der Waals surface area contributed by atoms with E-state index in [4.69, 9.17) is 0 Å². The van der Waals surface area contributed by atoms with Gasteiger partial charge in [0.2, 0.25) is 11.8 Å². The highest BCUT2D eigenvalue weighted by Gasteiger charge is 2.38. The number of pyridine rings is 1. The quantitative estimate of drug-likeness (QED) is 0.460. The lowest BCUT2D eigenvalue weighted by Crippen LogP contribution is -2.46. The van der Waals surface area contributed by atoms with Crippen LogP contribution < -0.4 is 0 Å². The van der Waals surface area contributed by atoms with E-state index in [9.17, 15) is 18.0 Å². The van der Waals surface area contributed by atoms with Gasteiger partial charge in [-0.25, -0.2) is 8.42 Å². The van der Waals surface area contributed by atoms with Crippen molar-refractivity contribution in [2.45, 2.75) is 25.4 Å². The van der Waals surface area contributed by atoms with Gasteiger partial charge in [-0.1, -0.05) is 54.1 Å². The summed E-state index contributed by atoms with van der Waals surface area (Å²) in [6.45, 7) is 2.18. The summed E-state index contributed by atoms with van der Waals surface area (Å²) >= 11 is 0. The van der Waals surface area contributed by atoms with Crippen LogP contribution in [-0.2, 0) is 26.0 Å². The van der Waals surface area contributed by atoms with Crippen LogP contribution in [0.15, 0.2) is 84.5 Å². The first-order valence-electron chi connectivity index (χ1n) is 11.6. The number of likely N-dealkylation sites (N-methyl/N-ethyl adjacent to an activating group) is 1. The van der Waals surface area contributed by atoms with Crippen molar-refractivity contribution in [3.63, 3.8) is 0 Å². The van der Waals surface area contributed by atoms with Gasteiger partial charge in [-0.05, 0) is 47.4 Å². The zero-order valence-corrected chi connectivity index (χ0v) is 21.4. The van der Waals surface area contributed by atoms with Crippen LogP contribution in [0.25, 0.3) is 11.1 Å². The highest BCUT2D eigenvalue weighted by atomic mass is 32.2. The molecule has 1 aliphatic rings. The Bertz CT molecular complexity index is 1370. The molecular weight excluding hydrogens is 474 g/mol. The summed E-state index contributed by atoms with van der Waals surface area (Å²) in [4.78, 5) is 34.2. The Morgan fingerprint density at radius 3 is 2.03 bits per heavy atom. The molecule has 2 atom stereocenters. The Labute approximate surface area is 212 Å². The number of hydrogen-bond donors (Lipinski definition) is 0. The zero-order valence-electron chi connectivity index (χ0n) is 20.5. The maximum Gasteiger partial charge on any atom is 0.240 e. The molecule has 186 valence electrons. The molecule has 0 N–H and O–H groups in total. The predicted molar refractivity (Wildman–Crippen MR) is 140 cm³/mol. The largest absolute Gasteiger partial charge is 0.348 e. The SMILES string of the molecule is Cc1ccc(-c2ccc(C(C(=O)N(C)C)C(=O)N(Cc3ccncc3)C3C=CS(=O)(=O)C3)cc2)cc1. The highest BCUT2D eigenvalue weighted by Crippen LogP contribution is 2.28. The molecular formula is C28H29N3O4S. The molecule has 1 aromatic heterocycles. The Morgan fingerprint density at radius 2 is 1.50 bits per heavy atom. The number of aryl methyl sites for hydroxylation is 1. The summed E-state index contributed by atoms with van der Waals surface area (Å²) in [5.74, 6) is -2.13. The Balaban J connectivity index is 1.70. The van der Waals surface area contributed by atoms with E-state index >= 15 is 0 Å². The van der Waals surface area contributed by atoms with Gasteiger partial charge in [-0.2, -0.15) is 0 Å². The van der Waals surface area contributed by atoms with Crippen molar-refractivity contribution in [3.8, 4) is 11.1 Å². The Hall–Kier alpha value is -3.78. The number of carbonyl (C=O) groups excluding carboxylic acids is 2. The van der Waals surface area contributed by atoms with Crippen LogP contribution in [0.4, 0.5) is 0 Å². The van der Waals surface area contributed by atoms with Crippen LogP contribution in [0.1, 0.15) is 22.6 Å². The van der Waals surface area contributed by atoms with E-state index in [2.05, 4.69) is 4.98 Å². The van der Waals surface area contributed by atoms with Gasteiger partial charge in [0.25, 0.3) is 0 Å². The third-order valence-electron chi connectivity index (χ3n) is 6.26. The topological polar surface area (TPSA) is 87.7 Å². The summed E-state index contributed by atoms with van der Waals surface area (Å²) in [6, 6.07) is 18.4. The third kappa shape index (κ3) is 5.71. The minimum Gasteiger partial charge on any atom is -0.348 e. The van der Waals surface area contributed by atoms with Crippen molar-refractivity contribution < 1.29 is 18.0 Å². The first kappa shape index (κ1) is 25.3. The van der Waals surface area contributed by atoms with Crippen LogP contribution in [0.2, 0.25) is 0 Å². The van der Waals surface area contributed by atoms with Crippen molar-refractivity contribution in [1.29, 1.82) is 0 Å². The van der Waals surface area contributed by atoms with Crippen LogP contribution in [0.5, 0.6) is 0 Å². The average molecular weight is 504 g/mol. The first-order chi connectivity index (χ1) is 17.1. The van der Waals surface area contributed by atoms with Crippen molar-refractivity contribution in [3.05, 3.63) is 101 Å². The van der Waals surface area contributed by atoms with Crippen molar-refractivity contribution in [2.24, 2.45) is 0 Å². The molecule has 2 amide bonds. The van der Waals surface area contributed by atoms with Crippen LogP contribution in [0.3, 0.4) is 0 Å². The summed E-state index contributed by atoms with van der Waals surface area (Å²) < 4.78 is 24.4. The fourth-order valence-electron chi connectivity index (χ4n) is 4.23. The van der Waals surface area contributed by atoms with Crippen molar-refractivity contribution >= 4 is 21.7 Å². The van der Waals surface area contributed by atoms with Gasteiger partial charge in [0.05, 0.1) is 11.8 Å². The van der Waals surface area contributed by atoms with Crippen LogP contribution in [-0.4, -0.2) is 60.9 Å². The smallest absolute Gasteiger partial charge is 0.240 e. The second kappa shape index (κ2) is 10.5. The van der Waals surface area contributed by atoms with Gasteiger partial charge >= 0.3 is 0 Å². The lowest BCUT2D eigenvalue weighted by Gasteiger charge is -2.32. The zero-order chi connectivity index (χ0) is 25.9. The second-order valence-electron chi connectivity index (χ2n) is 9.20. The monoisotopic (exact) mass is 503 g/mol. The number of benzene rings is 2. The van der Waals surface area contributed by atoms with E-state index in [1.807, 2.05) is 43.3 Å². The molecule has 0 radical (unpaired) electrons. The number of aromatic nitrogens is 1. The maximum absolute atomic E-state index is 14.0. The fraction of sp³-hybridized carbons (Fsp3) is 0.250. The molecule has 2 aromatic carbocycles. The molecule has 2 unspecified atom stereocenters. The molecule has 7 nitrogen and oxygen atoms in total. The van der Waals surface area contributed by atoms with Gasteiger partial charge in [-0.15, -0.1) is 0 Å². The van der Waals surface area contributed by atoms with E-state index in [-0.39, 0.29) is 18.2 Å². The molecule has 0 aliphatic carbocycles. The van der Waals surface area contributed by atoms with Gasteiger partial charge < -0.3 is 9.80 Å². The van der Waals surface area contributed by atoms with Gasteiger partial charge in [0.15, 0.2) is 9.84 Å². The lowest BCUT2D eigenvalue weighted by molar-refractivity contribution is -0.143. The van der Waals surface area contributed by atoms with Gasteiger partial charge in [-0.3, -0.25) is 14.6 Å². The van der Waals surface area contributed by atoms with Crippen LogP contribution in [0, 0.1) is 6.92 Å². The van der Waals surface area contributed by atoms with E-state index in [1.54, 1.807) is 50.8 Å². The van der Waals surface area contributed by atoms with E-state index in [0.717, 1.165) is 27.7 Å². The average Bonchev–Trinajstić information content (AvgIpc) is 3.23. The summed E-state index contributed by atoms with van der Waals surface area (Å²) in [5.41, 5.74) is 4.52. The lowest BCUT2D eigenvalue weighted by atomic mass is 9.93. The number of carbonyl (C=O) groups is 2. The van der Waals surface area contributed by atoms with Crippen molar-refractivity contribution in [1.82, 2.24) is 14.8 Å². The van der Waals surface area contributed by atoms with Crippen molar-refractivity contribution in [2.75, 3.05) is 19.8 Å². The standard InChI is InChI=1S/C28H29N3O4S/c1-20-4-6-22(7-5-20)23-8-10-24(11-9-23)26(27(32)30(2)3)28(33)31(18-21-12-15-29-16-13-21)25-14-17-36(34,35)19-25/h4-17,25-26H,18-19H2,1-3H3. The molecule has 0 bridgehead atoms. The number of nitrogens with zero attached hydrogens (tertiary/aromatic N) is 3. The summed E-state index contributed by atoms with van der Waals surface area (Å²) in [5, 5.41) is 1.14. The molecule has 2 heterocycles. The Kier molecular flexibility index (Phi) is 7.35. The third-order valence-corrected chi connectivity index (χ3v) is 7.64. The predicted octanol–water partition coefficient (Wildman–Crippen LogP) is 3.57. The molecule has 0 fully saturated rings. The molecule has 3 aromatic rings. The first-order valence-corrected chi connectivity index (χ1v) is 13.3. The van der Waals surface area contributed by atoms with E-state index in [1.165, 1.54) is 15.9 Å². The normalized spacial score (nSPS) is 16.9. The number of sulfone groups is 1. The molecule has 36 heavy (non-hydrogen) atoms. The highest BCUT2D eigenvalue weighted by molar-refractivity contribution is 7.94. The van der Waals surface area contributed by atoms with Crippen LogP contribution >= 0.6 is 0 Å². The molecule has 0 spiro atoms.